The fourth-order valence-electron chi connectivity index (χ4n) is 1.65. The Balaban J connectivity index is 2.25. The lowest BCUT2D eigenvalue weighted by Crippen LogP contribution is -2.09. The maximum atomic E-state index is 12.6. The zero-order chi connectivity index (χ0) is 14.0. The van der Waals surface area contributed by atoms with Gasteiger partial charge in [-0.05, 0) is 37.3 Å². The lowest BCUT2D eigenvalue weighted by atomic mass is 10.1. The Kier molecular flexibility index (Phi) is 3.75. The molecule has 1 aromatic carbocycles. The Labute approximate surface area is 113 Å². The smallest absolute Gasteiger partial charge is 0.416 e. The molecule has 1 aromatic heterocycles. The summed E-state index contributed by atoms with van der Waals surface area (Å²) in [6.07, 6.45) is -2.89. The molecule has 0 saturated heterocycles. The Bertz CT molecular complexity index is 552. The molecular formula is C13H11ClF3NO. The molecule has 0 bridgehead atoms. The summed E-state index contributed by atoms with van der Waals surface area (Å²) in [5.41, 5.74) is -0.522. The van der Waals surface area contributed by atoms with Crippen LogP contribution < -0.4 is 5.32 Å². The van der Waals surface area contributed by atoms with Gasteiger partial charge >= 0.3 is 6.18 Å². The van der Waals surface area contributed by atoms with E-state index in [-0.39, 0.29) is 16.8 Å². The molecule has 0 aliphatic carbocycles. The molecule has 2 rings (SSSR count). The molecule has 1 heterocycles. The predicted molar refractivity (Wildman–Crippen MR) is 67.2 cm³/mol. The third kappa shape index (κ3) is 3.23. The molecule has 0 spiro atoms. The van der Waals surface area contributed by atoms with Gasteiger partial charge in [0.25, 0.3) is 0 Å². The van der Waals surface area contributed by atoms with Crippen molar-refractivity contribution in [1.82, 2.24) is 0 Å². The van der Waals surface area contributed by atoms with Gasteiger partial charge in [-0.1, -0.05) is 11.6 Å². The summed E-state index contributed by atoms with van der Waals surface area (Å²) in [5, 5.41) is 3.13. The topological polar surface area (TPSA) is 25.2 Å². The van der Waals surface area contributed by atoms with Crippen molar-refractivity contribution in [2.24, 2.45) is 0 Å². The van der Waals surface area contributed by atoms with Gasteiger partial charge in [0.1, 0.15) is 5.76 Å². The quantitative estimate of drug-likeness (QED) is 0.848. The van der Waals surface area contributed by atoms with E-state index in [1.165, 1.54) is 12.3 Å². The number of alkyl halides is 3. The minimum Gasteiger partial charge on any atom is -0.467 e. The molecule has 6 heteroatoms. The highest BCUT2D eigenvalue weighted by molar-refractivity contribution is 6.33. The molecule has 0 amide bonds. The van der Waals surface area contributed by atoms with E-state index in [0.717, 1.165) is 12.1 Å². The number of anilines is 1. The van der Waals surface area contributed by atoms with E-state index >= 15 is 0 Å². The van der Waals surface area contributed by atoms with E-state index in [2.05, 4.69) is 5.32 Å². The highest BCUT2D eigenvalue weighted by atomic mass is 35.5. The van der Waals surface area contributed by atoms with Crippen LogP contribution in [-0.4, -0.2) is 0 Å². The second-order valence-electron chi connectivity index (χ2n) is 4.07. The van der Waals surface area contributed by atoms with Crippen LogP contribution in [-0.2, 0) is 6.18 Å². The number of rotatable bonds is 3. The third-order valence-corrected chi connectivity index (χ3v) is 2.97. The fourth-order valence-corrected chi connectivity index (χ4v) is 1.83. The van der Waals surface area contributed by atoms with Gasteiger partial charge < -0.3 is 9.73 Å². The minimum absolute atomic E-state index is 0.223. The zero-order valence-corrected chi connectivity index (χ0v) is 10.7. The highest BCUT2D eigenvalue weighted by Gasteiger charge is 2.31. The van der Waals surface area contributed by atoms with Crippen LogP contribution in [0.4, 0.5) is 18.9 Å². The number of nitrogens with one attached hydrogen (secondary N) is 1. The van der Waals surface area contributed by atoms with Crippen LogP contribution in [0, 0.1) is 0 Å². The van der Waals surface area contributed by atoms with Crippen molar-refractivity contribution in [2.75, 3.05) is 5.32 Å². The molecule has 2 aromatic rings. The van der Waals surface area contributed by atoms with Gasteiger partial charge in [-0.2, -0.15) is 13.2 Å². The van der Waals surface area contributed by atoms with Crippen molar-refractivity contribution in [1.29, 1.82) is 0 Å². The van der Waals surface area contributed by atoms with Crippen molar-refractivity contribution in [3.63, 3.8) is 0 Å². The lowest BCUT2D eigenvalue weighted by molar-refractivity contribution is -0.137. The average Bonchev–Trinajstić information content (AvgIpc) is 2.84. The Morgan fingerprint density at radius 3 is 2.58 bits per heavy atom. The van der Waals surface area contributed by atoms with E-state index in [1.54, 1.807) is 19.1 Å². The Hall–Kier alpha value is -1.62. The second-order valence-corrected chi connectivity index (χ2v) is 4.48. The molecule has 19 heavy (non-hydrogen) atoms. The van der Waals surface area contributed by atoms with Crippen LogP contribution in [0.5, 0.6) is 0 Å². The van der Waals surface area contributed by atoms with E-state index in [0.29, 0.717) is 5.76 Å². The summed E-state index contributed by atoms with van der Waals surface area (Å²) >= 11 is 5.89. The fraction of sp³-hybridized carbons (Fsp3) is 0.231. The van der Waals surface area contributed by atoms with E-state index in [4.69, 9.17) is 16.0 Å². The van der Waals surface area contributed by atoms with Gasteiger partial charge in [-0.25, -0.2) is 0 Å². The molecule has 102 valence electrons. The summed E-state index contributed by atoms with van der Waals surface area (Å²) < 4.78 is 43.0. The highest BCUT2D eigenvalue weighted by Crippen LogP contribution is 2.35. The first-order chi connectivity index (χ1) is 8.88. The molecule has 1 unspecified atom stereocenters. The Morgan fingerprint density at radius 2 is 2.00 bits per heavy atom. The standard InChI is InChI=1S/C13H11ClF3NO/c1-8(12-3-2-6-19-12)18-11-7-9(13(15,16)17)4-5-10(11)14/h2-8,18H,1H3. The molecule has 0 fully saturated rings. The van der Waals surface area contributed by atoms with Crippen LogP contribution in [0.25, 0.3) is 0 Å². The summed E-state index contributed by atoms with van der Waals surface area (Å²) in [6.45, 7) is 1.77. The summed E-state index contributed by atoms with van der Waals surface area (Å²) in [5.74, 6) is 0.619. The van der Waals surface area contributed by atoms with Gasteiger partial charge in [0.2, 0.25) is 0 Å². The van der Waals surface area contributed by atoms with Gasteiger partial charge in [0.05, 0.1) is 28.6 Å². The van der Waals surface area contributed by atoms with Crippen molar-refractivity contribution in [2.45, 2.75) is 19.1 Å². The van der Waals surface area contributed by atoms with Crippen LogP contribution in [0.3, 0.4) is 0 Å². The van der Waals surface area contributed by atoms with Gasteiger partial charge in [0.15, 0.2) is 0 Å². The molecule has 1 N–H and O–H groups in total. The molecule has 0 radical (unpaired) electrons. The van der Waals surface area contributed by atoms with Crippen LogP contribution in [0.15, 0.2) is 41.0 Å². The number of halogens is 4. The van der Waals surface area contributed by atoms with Crippen LogP contribution in [0.1, 0.15) is 24.3 Å². The first-order valence-corrected chi connectivity index (χ1v) is 5.92. The van der Waals surface area contributed by atoms with Gasteiger partial charge in [-0.15, -0.1) is 0 Å². The molecule has 0 aliphatic heterocycles. The summed E-state index contributed by atoms with van der Waals surface area (Å²) in [4.78, 5) is 0. The molecule has 1 atom stereocenters. The maximum Gasteiger partial charge on any atom is 0.416 e. The number of hydrogen-bond acceptors (Lipinski definition) is 2. The largest absolute Gasteiger partial charge is 0.467 e. The van der Waals surface area contributed by atoms with Crippen LogP contribution in [0.2, 0.25) is 5.02 Å². The van der Waals surface area contributed by atoms with Crippen molar-refractivity contribution < 1.29 is 17.6 Å². The predicted octanol–water partition coefficient (Wildman–Crippen LogP) is 5.12. The summed E-state index contributed by atoms with van der Waals surface area (Å²) in [7, 11) is 0. The number of hydrogen-bond donors (Lipinski definition) is 1. The SMILES string of the molecule is CC(Nc1cc(C(F)(F)F)ccc1Cl)c1ccco1. The Morgan fingerprint density at radius 1 is 1.26 bits per heavy atom. The second kappa shape index (κ2) is 5.17. The molecule has 2 nitrogen and oxygen atoms in total. The summed E-state index contributed by atoms with van der Waals surface area (Å²) in [6, 6.07) is 6.32. The third-order valence-electron chi connectivity index (χ3n) is 2.64. The number of furan rings is 1. The first kappa shape index (κ1) is 13.8. The van der Waals surface area contributed by atoms with Crippen molar-refractivity contribution >= 4 is 17.3 Å². The number of benzene rings is 1. The first-order valence-electron chi connectivity index (χ1n) is 5.54. The normalized spacial score (nSPS) is 13.3. The molecule has 0 saturated carbocycles. The van der Waals surface area contributed by atoms with E-state index < -0.39 is 11.7 Å². The minimum atomic E-state index is -4.39. The van der Waals surface area contributed by atoms with Gasteiger partial charge in [0, 0.05) is 0 Å². The van der Waals surface area contributed by atoms with E-state index in [1.807, 2.05) is 0 Å². The van der Waals surface area contributed by atoms with Crippen molar-refractivity contribution in [3.05, 3.63) is 52.9 Å². The van der Waals surface area contributed by atoms with Gasteiger partial charge in [-0.3, -0.25) is 0 Å². The van der Waals surface area contributed by atoms with E-state index in [9.17, 15) is 13.2 Å². The monoisotopic (exact) mass is 289 g/mol. The van der Waals surface area contributed by atoms with Crippen molar-refractivity contribution in [3.8, 4) is 0 Å². The average molecular weight is 290 g/mol. The lowest BCUT2D eigenvalue weighted by Gasteiger charge is -2.16. The molecular weight excluding hydrogens is 279 g/mol. The van der Waals surface area contributed by atoms with Crippen LogP contribution >= 0.6 is 11.6 Å². The maximum absolute atomic E-state index is 12.6. The molecule has 0 aliphatic rings. The zero-order valence-electron chi connectivity index (χ0n) is 9.96.